The van der Waals surface area contributed by atoms with Crippen LogP contribution in [0.1, 0.15) is 27.4 Å². The minimum Gasteiger partial charge on any atom is -0.361 e. The number of likely N-dealkylation sites (N-methyl/N-ethyl adjacent to an activating group) is 1. The van der Waals surface area contributed by atoms with E-state index >= 15 is 0 Å². The van der Waals surface area contributed by atoms with Gasteiger partial charge in [-0.3, -0.25) is 9.88 Å². The molecule has 0 atom stereocenters. The molecule has 4 aromatic rings. The van der Waals surface area contributed by atoms with E-state index in [1.54, 1.807) is 23.7 Å². The van der Waals surface area contributed by atoms with Gasteiger partial charge in [-0.25, -0.2) is 4.98 Å². The maximum absolute atomic E-state index is 9.71. The summed E-state index contributed by atoms with van der Waals surface area (Å²) in [5.74, 6) is 0. The zero-order valence-electron chi connectivity index (χ0n) is 19.4. The summed E-state index contributed by atoms with van der Waals surface area (Å²) in [5, 5.41) is 17.4. The number of fused-ring (bicyclic) bond motifs is 1. The third-order valence-corrected chi connectivity index (χ3v) is 7.17. The van der Waals surface area contributed by atoms with E-state index in [4.69, 9.17) is 4.98 Å². The van der Waals surface area contributed by atoms with E-state index in [1.807, 2.05) is 30.5 Å². The molecule has 0 spiro atoms. The quantitative estimate of drug-likeness (QED) is 0.420. The highest BCUT2D eigenvalue weighted by atomic mass is 32.1. The number of piperazine rings is 1. The number of benzene rings is 1. The van der Waals surface area contributed by atoms with Gasteiger partial charge in [-0.1, -0.05) is 0 Å². The molecule has 4 heterocycles. The van der Waals surface area contributed by atoms with Gasteiger partial charge in [0.05, 0.1) is 16.9 Å². The number of anilines is 2. The van der Waals surface area contributed by atoms with Gasteiger partial charge in [0, 0.05) is 78.8 Å². The number of aromatic amines is 1. The molecule has 0 radical (unpaired) electrons. The van der Waals surface area contributed by atoms with E-state index in [0.717, 1.165) is 76.8 Å². The molecule has 3 aromatic heterocycles. The molecule has 1 aromatic carbocycles. The van der Waals surface area contributed by atoms with E-state index in [-0.39, 0.29) is 0 Å². The first-order chi connectivity index (χ1) is 16.6. The summed E-state index contributed by atoms with van der Waals surface area (Å²) in [6.45, 7) is 7.33. The number of rotatable bonds is 6. The van der Waals surface area contributed by atoms with Gasteiger partial charge >= 0.3 is 0 Å². The van der Waals surface area contributed by atoms with Crippen LogP contribution in [0.5, 0.6) is 0 Å². The maximum Gasteiger partial charge on any atom is 0.116 e. The topological polar surface area (TPSA) is 83.9 Å². The monoisotopic (exact) mass is 469 g/mol. The number of H-pyrrole nitrogens is 1. The highest BCUT2D eigenvalue weighted by molar-refractivity contribution is 7.10. The Balaban J connectivity index is 1.37. The largest absolute Gasteiger partial charge is 0.361 e. The van der Waals surface area contributed by atoms with Crippen molar-refractivity contribution in [3.63, 3.8) is 0 Å². The summed E-state index contributed by atoms with van der Waals surface area (Å²) < 4.78 is 0. The summed E-state index contributed by atoms with van der Waals surface area (Å²) in [5.41, 5.74) is 6.40. The molecule has 1 aliphatic heterocycles. The van der Waals surface area contributed by atoms with Crippen molar-refractivity contribution >= 4 is 45.8 Å². The fourth-order valence-electron chi connectivity index (χ4n) is 4.25. The molecular weight excluding hydrogens is 442 g/mol. The van der Waals surface area contributed by atoms with E-state index < -0.39 is 0 Å². The predicted molar refractivity (Wildman–Crippen MR) is 139 cm³/mol. The number of pyridine rings is 1. The van der Waals surface area contributed by atoms with Crippen LogP contribution in [0.2, 0.25) is 0 Å². The zero-order chi connectivity index (χ0) is 23.5. The second-order valence-electron chi connectivity index (χ2n) is 8.65. The molecule has 34 heavy (non-hydrogen) atoms. The molecule has 172 valence electrons. The SMILES string of the molecule is Cc1c(Nc2c(C#N)cncc2/C=C/c2nc(CN3CCN(C)CC3)cs2)ccc2[nH]ccc12. The minimum absolute atomic E-state index is 0.505. The molecule has 5 rings (SSSR count). The first-order valence-corrected chi connectivity index (χ1v) is 12.2. The van der Waals surface area contributed by atoms with Crippen LogP contribution in [-0.2, 0) is 6.54 Å². The Kier molecular flexibility index (Phi) is 6.41. The van der Waals surface area contributed by atoms with Crippen LogP contribution in [0.4, 0.5) is 11.4 Å². The molecule has 7 nitrogen and oxygen atoms in total. The Morgan fingerprint density at radius 3 is 2.85 bits per heavy atom. The van der Waals surface area contributed by atoms with Crippen molar-refractivity contribution in [3.8, 4) is 6.07 Å². The fraction of sp³-hybridized carbons (Fsp3) is 0.269. The van der Waals surface area contributed by atoms with Crippen molar-refractivity contribution in [1.29, 1.82) is 5.26 Å². The molecular formula is C26H27N7S. The number of nitriles is 1. The zero-order valence-corrected chi connectivity index (χ0v) is 20.2. The van der Waals surface area contributed by atoms with Gasteiger partial charge in [0.15, 0.2) is 0 Å². The lowest BCUT2D eigenvalue weighted by Gasteiger charge is -2.31. The summed E-state index contributed by atoms with van der Waals surface area (Å²) in [4.78, 5) is 17.1. The lowest BCUT2D eigenvalue weighted by Crippen LogP contribution is -2.43. The predicted octanol–water partition coefficient (Wildman–Crippen LogP) is 4.86. The standard InChI is InChI=1S/C26H27N7S/c1-18-22-7-8-29-24(22)5-4-23(18)31-26-19(14-28-15-20(26)13-27)3-6-25-30-21(17-34-25)16-33-11-9-32(2)10-12-33/h3-8,14-15,17,29H,9-12,16H2,1-2H3,(H,28,31)/b6-3+. The average molecular weight is 470 g/mol. The van der Waals surface area contributed by atoms with E-state index in [9.17, 15) is 5.26 Å². The molecule has 1 aliphatic rings. The van der Waals surface area contributed by atoms with Crippen LogP contribution >= 0.6 is 11.3 Å². The molecule has 2 N–H and O–H groups in total. The summed E-state index contributed by atoms with van der Waals surface area (Å²) in [6, 6.07) is 8.42. The number of hydrogen-bond donors (Lipinski definition) is 2. The Bertz CT molecular complexity index is 1370. The molecule has 1 saturated heterocycles. The van der Waals surface area contributed by atoms with Crippen molar-refractivity contribution in [1.82, 2.24) is 24.8 Å². The van der Waals surface area contributed by atoms with Crippen LogP contribution in [-0.4, -0.2) is 58.0 Å². The van der Waals surface area contributed by atoms with Crippen molar-refractivity contribution in [2.75, 3.05) is 38.5 Å². The Labute approximate surface area is 203 Å². The third-order valence-electron chi connectivity index (χ3n) is 6.32. The smallest absolute Gasteiger partial charge is 0.116 e. The van der Waals surface area contributed by atoms with Crippen molar-refractivity contribution < 1.29 is 0 Å². The Morgan fingerprint density at radius 1 is 1.18 bits per heavy atom. The number of nitrogens with zero attached hydrogens (tertiary/aromatic N) is 5. The summed E-state index contributed by atoms with van der Waals surface area (Å²) in [7, 11) is 2.17. The van der Waals surface area contributed by atoms with E-state index in [1.165, 1.54) is 0 Å². The van der Waals surface area contributed by atoms with Crippen LogP contribution in [0.25, 0.3) is 23.1 Å². The molecule has 8 heteroatoms. The van der Waals surface area contributed by atoms with Crippen LogP contribution in [0, 0.1) is 18.3 Å². The number of aryl methyl sites for hydroxylation is 1. The minimum atomic E-state index is 0.505. The van der Waals surface area contributed by atoms with Crippen molar-refractivity contribution in [2.45, 2.75) is 13.5 Å². The first kappa shape index (κ1) is 22.3. The van der Waals surface area contributed by atoms with Gasteiger partial charge < -0.3 is 15.2 Å². The second-order valence-corrected chi connectivity index (χ2v) is 9.54. The number of aromatic nitrogens is 3. The first-order valence-electron chi connectivity index (χ1n) is 11.4. The lowest BCUT2D eigenvalue weighted by atomic mass is 10.1. The number of nitrogens with one attached hydrogen (secondary N) is 2. The molecule has 0 saturated carbocycles. The maximum atomic E-state index is 9.71. The summed E-state index contributed by atoms with van der Waals surface area (Å²) >= 11 is 1.64. The van der Waals surface area contributed by atoms with E-state index in [0.29, 0.717) is 5.56 Å². The highest BCUT2D eigenvalue weighted by Gasteiger charge is 2.15. The fourth-order valence-corrected chi connectivity index (χ4v) is 4.95. The van der Waals surface area contributed by atoms with E-state index in [2.05, 4.69) is 56.6 Å². The number of thiazole rings is 1. The number of hydrogen-bond acceptors (Lipinski definition) is 7. The Hall–Kier alpha value is -3.51. The Morgan fingerprint density at radius 2 is 2.03 bits per heavy atom. The summed E-state index contributed by atoms with van der Waals surface area (Å²) in [6.07, 6.45) is 9.31. The van der Waals surface area contributed by atoms with Gasteiger partial charge in [0.2, 0.25) is 0 Å². The third kappa shape index (κ3) is 4.73. The van der Waals surface area contributed by atoms with Crippen LogP contribution in [0.15, 0.2) is 42.2 Å². The van der Waals surface area contributed by atoms with Gasteiger partial charge in [0.25, 0.3) is 0 Å². The normalized spacial score (nSPS) is 15.2. The lowest BCUT2D eigenvalue weighted by molar-refractivity contribution is 0.147. The molecule has 0 amide bonds. The molecule has 0 bridgehead atoms. The van der Waals surface area contributed by atoms with Crippen molar-refractivity contribution in [3.05, 3.63) is 69.6 Å². The highest BCUT2D eigenvalue weighted by Crippen LogP contribution is 2.31. The van der Waals surface area contributed by atoms with Gasteiger partial charge in [0.1, 0.15) is 11.1 Å². The average Bonchev–Trinajstić information content (AvgIpc) is 3.51. The van der Waals surface area contributed by atoms with Crippen LogP contribution < -0.4 is 5.32 Å². The van der Waals surface area contributed by atoms with Gasteiger partial charge in [-0.2, -0.15) is 5.26 Å². The van der Waals surface area contributed by atoms with Crippen molar-refractivity contribution in [2.24, 2.45) is 0 Å². The molecule has 0 aliphatic carbocycles. The van der Waals surface area contributed by atoms with Gasteiger partial charge in [-0.15, -0.1) is 11.3 Å². The van der Waals surface area contributed by atoms with Gasteiger partial charge in [-0.05, 0) is 49.9 Å². The molecule has 1 fully saturated rings. The van der Waals surface area contributed by atoms with Crippen LogP contribution in [0.3, 0.4) is 0 Å². The molecule has 0 unspecified atom stereocenters. The second kappa shape index (κ2) is 9.77.